The van der Waals surface area contributed by atoms with Gasteiger partial charge in [-0.05, 0) is 37.8 Å². The van der Waals surface area contributed by atoms with Gasteiger partial charge in [0.05, 0.1) is 11.0 Å². The number of carboxylic acids is 1. The molecule has 1 atom stereocenters. The third-order valence-electron chi connectivity index (χ3n) is 4.61. The monoisotopic (exact) mass is 331 g/mol. The number of rotatable bonds is 5. The minimum Gasteiger partial charge on any atom is -0.481 e. The smallest absolute Gasteiger partial charge is 0.326 e. The van der Waals surface area contributed by atoms with E-state index in [4.69, 9.17) is 5.11 Å². The van der Waals surface area contributed by atoms with Gasteiger partial charge in [0, 0.05) is 19.0 Å². The second-order valence-electron chi connectivity index (χ2n) is 6.20. The zero-order chi connectivity index (χ0) is 17.1. The highest BCUT2D eigenvalue weighted by Crippen LogP contribution is 2.21. The van der Waals surface area contributed by atoms with Gasteiger partial charge in [0.25, 0.3) is 0 Å². The number of amides is 1. The lowest BCUT2D eigenvalue weighted by Gasteiger charge is -2.35. The van der Waals surface area contributed by atoms with Gasteiger partial charge in [-0.1, -0.05) is 12.1 Å². The molecule has 1 aliphatic rings. The number of carbonyl (C=O) groups excluding carboxylic acids is 1. The van der Waals surface area contributed by atoms with Crippen molar-refractivity contribution >= 4 is 22.9 Å². The molecule has 1 fully saturated rings. The maximum absolute atomic E-state index is 12.7. The van der Waals surface area contributed by atoms with Crippen molar-refractivity contribution in [3.05, 3.63) is 34.7 Å². The topological polar surface area (TPSA) is 95.4 Å². The molecule has 128 valence electrons. The van der Waals surface area contributed by atoms with Crippen molar-refractivity contribution in [1.29, 1.82) is 0 Å². The molecule has 0 radical (unpaired) electrons. The van der Waals surface area contributed by atoms with E-state index in [2.05, 4.69) is 4.98 Å². The Labute approximate surface area is 138 Å². The largest absolute Gasteiger partial charge is 0.481 e. The first-order valence-corrected chi connectivity index (χ1v) is 8.25. The van der Waals surface area contributed by atoms with Crippen molar-refractivity contribution in [2.24, 2.45) is 0 Å². The van der Waals surface area contributed by atoms with Crippen molar-refractivity contribution < 1.29 is 14.7 Å². The van der Waals surface area contributed by atoms with Gasteiger partial charge in [-0.25, -0.2) is 4.79 Å². The number of nitrogens with zero attached hydrogens (tertiary/aromatic N) is 2. The number of H-pyrrole nitrogens is 1. The van der Waals surface area contributed by atoms with Gasteiger partial charge in [0.2, 0.25) is 5.91 Å². The Morgan fingerprint density at radius 1 is 1.25 bits per heavy atom. The molecule has 0 aliphatic carbocycles. The van der Waals surface area contributed by atoms with Crippen molar-refractivity contribution in [2.75, 3.05) is 6.54 Å². The summed E-state index contributed by atoms with van der Waals surface area (Å²) in [5.41, 5.74) is 1.11. The van der Waals surface area contributed by atoms with Gasteiger partial charge >= 0.3 is 11.7 Å². The molecule has 2 heterocycles. The van der Waals surface area contributed by atoms with Gasteiger partial charge in [-0.15, -0.1) is 0 Å². The van der Waals surface area contributed by atoms with Gasteiger partial charge in [0.1, 0.15) is 6.54 Å². The first-order valence-electron chi connectivity index (χ1n) is 8.25. The number of carbonyl (C=O) groups is 2. The first-order chi connectivity index (χ1) is 11.6. The molecule has 7 nitrogen and oxygen atoms in total. The zero-order valence-electron chi connectivity index (χ0n) is 13.4. The van der Waals surface area contributed by atoms with Crippen LogP contribution in [0.5, 0.6) is 0 Å². The van der Waals surface area contributed by atoms with Crippen LogP contribution >= 0.6 is 0 Å². The number of para-hydroxylation sites is 2. The molecule has 1 saturated heterocycles. The molecule has 1 amide bonds. The third-order valence-corrected chi connectivity index (χ3v) is 4.61. The van der Waals surface area contributed by atoms with E-state index >= 15 is 0 Å². The van der Waals surface area contributed by atoms with Crippen molar-refractivity contribution in [1.82, 2.24) is 14.5 Å². The average Bonchev–Trinajstić information content (AvgIpc) is 2.89. The summed E-state index contributed by atoms with van der Waals surface area (Å²) in [6, 6.07) is 7.21. The molecule has 1 aromatic heterocycles. The fourth-order valence-corrected chi connectivity index (χ4v) is 3.41. The lowest BCUT2D eigenvalue weighted by molar-refractivity contribution is -0.140. The Morgan fingerprint density at radius 2 is 2.04 bits per heavy atom. The van der Waals surface area contributed by atoms with E-state index < -0.39 is 5.97 Å². The van der Waals surface area contributed by atoms with Crippen LogP contribution < -0.4 is 5.69 Å². The predicted octanol–water partition coefficient (Wildman–Crippen LogP) is 1.58. The van der Waals surface area contributed by atoms with E-state index in [0.29, 0.717) is 24.0 Å². The summed E-state index contributed by atoms with van der Waals surface area (Å²) in [5.74, 6) is -0.974. The van der Waals surface area contributed by atoms with Crippen LogP contribution in [-0.2, 0) is 16.1 Å². The molecule has 2 aromatic rings. The number of aliphatic carboxylic acids is 1. The normalized spacial score (nSPS) is 18.0. The number of piperidine rings is 1. The van der Waals surface area contributed by atoms with Crippen LogP contribution in [0.3, 0.4) is 0 Å². The molecule has 2 N–H and O–H groups in total. The Balaban J connectivity index is 1.78. The molecule has 0 bridgehead atoms. The zero-order valence-corrected chi connectivity index (χ0v) is 13.4. The van der Waals surface area contributed by atoms with E-state index in [1.165, 1.54) is 4.57 Å². The number of imidazole rings is 1. The number of hydrogen-bond acceptors (Lipinski definition) is 3. The lowest BCUT2D eigenvalue weighted by Crippen LogP contribution is -2.46. The number of carboxylic acid groups (broad SMARTS) is 1. The number of fused-ring (bicyclic) bond motifs is 1. The van der Waals surface area contributed by atoms with Crippen molar-refractivity contribution in [2.45, 2.75) is 44.7 Å². The van der Waals surface area contributed by atoms with Crippen LogP contribution in [-0.4, -0.2) is 44.0 Å². The molecule has 0 spiro atoms. The quantitative estimate of drug-likeness (QED) is 0.869. The summed E-state index contributed by atoms with van der Waals surface area (Å²) in [5, 5.41) is 8.88. The Kier molecular flexibility index (Phi) is 4.69. The van der Waals surface area contributed by atoms with Crippen molar-refractivity contribution in [3.8, 4) is 0 Å². The molecule has 3 rings (SSSR count). The van der Waals surface area contributed by atoms with E-state index in [-0.39, 0.29) is 30.6 Å². The maximum Gasteiger partial charge on any atom is 0.326 e. The van der Waals surface area contributed by atoms with Crippen LogP contribution in [0, 0.1) is 0 Å². The highest BCUT2D eigenvalue weighted by Gasteiger charge is 2.27. The summed E-state index contributed by atoms with van der Waals surface area (Å²) < 4.78 is 1.44. The highest BCUT2D eigenvalue weighted by molar-refractivity contribution is 5.80. The number of aromatic amines is 1. The van der Waals surface area contributed by atoms with Gasteiger partial charge in [-0.3, -0.25) is 14.2 Å². The van der Waals surface area contributed by atoms with Crippen LogP contribution in [0.15, 0.2) is 29.1 Å². The molecule has 1 aliphatic heterocycles. The Morgan fingerprint density at radius 3 is 2.83 bits per heavy atom. The third kappa shape index (κ3) is 3.34. The first kappa shape index (κ1) is 16.3. The number of likely N-dealkylation sites (tertiary alicyclic amines) is 1. The Bertz CT molecular complexity index is 808. The SMILES string of the molecule is O=C(O)CC[C@@H]1CCCCN1C(=O)Cn1c(=O)[nH]c2ccccc21. The summed E-state index contributed by atoms with van der Waals surface area (Å²) >= 11 is 0. The van der Waals surface area contributed by atoms with Gasteiger partial charge in [0.15, 0.2) is 0 Å². The number of hydrogen-bond donors (Lipinski definition) is 2. The molecule has 7 heteroatoms. The van der Waals surface area contributed by atoms with E-state index in [0.717, 1.165) is 19.3 Å². The fourth-order valence-electron chi connectivity index (χ4n) is 3.41. The summed E-state index contributed by atoms with van der Waals surface area (Å²) in [6.45, 7) is 0.604. The summed E-state index contributed by atoms with van der Waals surface area (Å²) in [4.78, 5) is 40.1. The molecule has 24 heavy (non-hydrogen) atoms. The van der Waals surface area contributed by atoms with Crippen LogP contribution in [0.25, 0.3) is 11.0 Å². The van der Waals surface area contributed by atoms with E-state index in [1.54, 1.807) is 17.0 Å². The number of aromatic nitrogens is 2. The van der Waals surface area contributed by atoms with Crippen LogP contribution in [0.1, 0.15) is 32.1 Å². The van der Waals surface area contributed by atoms with Crippen LogP contribution in [0.4, 0.5) is 0 Å². The predicted molar refractivity (Wildman–Crippen MR) is 88.8 cm³/mol. The molecule has 0 saturated carbocycles. The highest BCUT2D eigenvalue weighted by atomic mass is 16.4. The van der Waals surface area contributed by atoms with Gasteiger partial charge < -0.3 is 15.0 Å². The lowest BCUT2D eigenvalue weighted by atomic mass is 9.98. The number of nitrogens with one attached hydrogen (secondary N) is 1. The Hall–Kier alpha value is -2.57. The number of benzene rings is 1. The van der Waals surface area contributed by atoms with Crippen molar-refractivity contribution in [3.63, 3.8) is 0 Å². The van der Waals surface area contributed by atoms with Gasteiger partial charge in [-0.2, -0.15) is 0 Å². The molecular weight excluding hydrogens is 310 g/mol. The maximum atomic E-state index is 12.7. The second-order valence-corrected chi connectivity index (χ2v) is 6.20. The molecule has 0 unspecified atom stereocenters. The molecule has 1 aromatic carbocycles. The van der Waals surface area contributed by atoms with Crippen LogP contribution in [0.2, 0.25) is 0 Å². The second kappa shape index (κ2) is 6.90. The molecular formula is C17H21N3O4. The fraction of sp³-hybridized carbons (Fsp3) is 0.471. The minimum absolute atomic E-state index is 0.0214. The summed E-state index contributed by atoms with van der Waals surface area (Å²) in [7, 11) is 0. The summed E-state index contributed by atoms with van der Waals surface area (Å²) in [6.07, 6.45) is 3.26. The van der Waals surface area contributed by atoms with E-state index in [9.17, 15) is 14.4 Å². The minimum atomic E-state index is -0.846. The standard InChI is InChI=1S/C17H21N3O4/c21-15(19-10-4-3-5-12(19)8-9-16(22)23)11-20-14-7-2-1-6-13(14)18-17(20)24/h1-2,6-7,12H,3-5,8-11H2,(H,18,24)(H,22,23)/t12-/m0/s1. The average molecular weight is 331 g/mol. The van der Waals surface area contributed by atoms with E-state index in [1.807, 2.05) is 12.1 Å².